The molecule has 76 valence electrons. The van der Waals surface area contributed by atoms with Crippen molar-refractivity contribution < 1.29 is 9.18 Å². The number of carbonyl (C=O) groups is 1. The number of hydrogen-bond donors (Lipinski definition) is 1. The zero-order chi connectivity index (χ0) is 10.8. The minimum atomic E-state index is -0.316. The van der Waals surface area contributed by atoms with E-state index in [9.17, 15) is 9.18 Å². The first-order valence-electron chi connectivity index (χ1n) is 4.18. The Morgan fingerprint density at radius 3 is 2.60 bits per heavy atom. The van der Waals surface area contributed by atoms with E-state index in [0.717, 1.165) is 5.56 Å². The van der Waals surface area contributed by atoms with Gasteiger partial charge in [0.15, 0.2) is 11.4 Å². The van der Waals surface area contributed by atoms with Crippen LogP contribution in [-0.4, -0.2) is 11.3 Å². The lowest BCUT2D eigenvalue weighted by atomic mass is 10.1. The number of carbonyl (C=O) groups excluding carboxylic acids is 1. The fourth-order valence-corrected chi connectivity index (χ4v) is 2.04. The minimum Gasteiger partial charge on any atom is -0.375 e. The number of aromatic nitrogens is 1. The number of nitrogens with zero attached hydrogens (tertiary/aromatic N) is 1. The Balaban J connectivity index is 2.52. The molecule has 0 aliphatic rings. The number of nitrogens with two attached hydrogens (primary N) is 1. The van der Waals surface area contributed by atoms with Crippen molar-refractivity contribution in [3.8, 4) is 10.4 Å². The maximum atomic E-state index is 12.7. The Kier molecular flexibility index (Phi) is 2.47. The lowest BCUT2D eigenvalue weighted by Crippen LogP contribution is -1.86. The molecule has 0 fully saturated rings. The summed E-state index contributed by atoms with van der Waals surface area (Å²) in [4.78, 5) is 15.2. The van der Waals surface area contributed by atoms with Gasteiger partial charge in [0.25, 0.3) is 0 Å². The number of benzene rings is 1. The molecule has 15 heavy (non-hydrogen) atoms. The largest absolute Gasteiger partial charge is 0.375 e. The molecule has 0 aliphatic carbocycles. The van der Waals surface area contributed by atoms with Gasteiger partial charge in [-0.1, -0.05) is 23.5 Å². The van der Waals surface area contributed by atoms with Crippen molar-refractivity contribution in [2.24, 2.45) is 0 Å². The fourth-order valence-electron chi connectivity index (χ4n) is 1.24. The van der Waals surface area contributed by atoms with Crippen molar-refractivity contribution in [3.63, 3.8) is 0 Å². The highest BCUT2D eigenvalue weighted by atomic mass is 32.1. The molecule has 0 unspecified atom stereocenters. The molecule has 0 radical (unpaired) electrons. The molecule has 1 aromatic carbocycles. The number of nitrogen functional groups attached to an aromatic ring is 1. The van der Waals surface area contributed by atoms with Crippen LogP contribution in [0.1, 0.15) is 10.5 Å². The highest BCUT2D eigenvalue weighted by molar-refractivity contribution is 7.19. The Morgan fingerprint density at radius 1 is 1.33 bits per heavy atom. The highest BCUT2D eigenvalue weighted by Gasteiger charge is 2.10. The molecule has 0 atom stereocenters. The number of hydrogen-bond acceptors (Lipinski definition) is 4. The van der Waals surface area contributed by atoms with Crippen molar-refractivity contribution in [3.05, 3.63) is 35.8 Å². The number of rotatable bonds is 2. The highest BCUT2D eigenvalue weighted by Crippen LogP contribution is 2.30. The Bertz CT molecular complexity index is 493. The van der Waals surface area contributed by atoms with Gasteiger partial charge in [0.1, 0.15) is 11.5 Å². The molecule has 2 N–H and O–H groups in total. The van der Waals surface area contributed by atoms with E-state index in [1.165, 1.54) is 23.5 Å². The van der Waals surface area contributed by atoms with Crippen molar-refractivity contribution in [1.29, 1.82) is 0 Å². The molecule has 0 amide bonds. The number of anilines is 1. The smallest absolute Gasteiger partial charge is 0.181 e. The fraction of sp³-hybridized carbons (Fsp3) is 0. The summed E-state index contributed by atoms with van der Waals surface area (Å²) in [6.45, 7) is 0. The van der Waals surface area contributed by atoms with E-state index in [-0.39, 0.29) is 5.82 Å². The number of thiazole rings is 1. The third-order valence-electron chi connectivity index (χ3n) is 1.89. The van der Waals surface area contributed by atoms with E-state index in [1.54, 1.807) is 12.1 Å². The van der Waals surface area contributed by atoms with Gasteiger partial charge >= 0.3 is 0 Å². The van der Waals surface area contributed by atoms with Crippen LogP contribution < -0.4 is 5.73 Å². The van der Waals surface area contributed by atoms with Gasteiger partial charge in [-0.3, -0.25) is 4.79 Å². The van der Waals surface area contributed by atoms with Crippen LogP contribution >= 0.6 is 11.3 Å². The predicted octanol–water partition coefficient (Wildman–Crippen LogP) is 2.34. The molecule has 2 rings (SSSR count). The van der Waals surface area contributed by atoms with Crippen LogP contribution in [0.3, 0.4) is 0 Å². The molecule has 0 spiro atoms. The van der Waals surface area contributed by atoms with Crippen LogP contribution in [0.5, 0.6) is 0 Å². The summed E-state index contributed by atoms with van der Waals surface area (Å²) in [6.07, 6.45) is 0.644. The van der Waals surface area contributed by atoms with Crippen molar-refractivity contribution in [1.82, 2.24) is 4.98 Å². The SMILES string of the molecule is Nc1nc(C=O)c(-c2ccc(F)cc2)s1. The van der Waals surface area contributed by atoms with E-state index in [1.807, 2.05) is 0 Å². The van der Waals surface area contributed by atoms with Crippen LogP contribution in [-0.2, 0) is 0 Å². The predicted molar refractivity (Wildman–Crippen MR) is 57.3 cm³/mol. The maximum Gasteiger partial charge on any atom is 0.181 e. The average molecular weight is 222 g/mol. The summed E-state index contributed by atoms with van der Waals surface area (Å²) >= 11 is 1.21. The molecule has 0 bridgehead atoms. The summed E-state index contributed by atoms with van der Waals surface area (Å²) in [6, 6.07) is 5.85. The van der Waals surface area contributed by atoms with E-state index >= 15 is 0 Å². The monoisotopic (exact) mass is 222 g/mol. The van der Waals surface area contributed by atoms with Gasteiger partial charge in [0, 0.05) is 0 Å². The van der Waals surface area contributed by atoms with E-state index in [2.05, 4.69) is 4.98 Å². The molecule has 2 aromatic rings. The summed E-state index contributed by atoms with van der Waals surface area (Å²) in [5.74, 6) is -0.316. The van der Waals surface area contributed by atoms with Gasteiger partial charge in [0.05, 0.1) is 4.88 Å². The first-order valence-corrected chi connectivity index (χ1v) is 5.00. The van der Waals surface area contributed by atoms with Crippen LogP contribution in [0.4, 0.5) is 9.52 Å². The second-order valence-corrected chi connectivity index (χ2v) is 3.92. The second kappa shape index (κ2) is 3.78. The Hall–Kier alpha value is -1.75. The number of aldehydes is 1. The zero-order valence-electron chi connectivity index (χ0n) is 7.61. The van der Waals surface area contributed by atoms with Crippen LogP contribution in [0.25, 0.3) is 10.4 Å². The molecule has 0 saturated heterocycles. The van der Waals surface area contributed by atoms with E-state index in [4.69, 9.17) is 5.73 Å². The van der Waals surface area contributed by atoms with Crippen LogP contribution in [0.15, 0.2) is 24.3 Å². The zero-order valence-corrected chi connectivity index (χ0v) is 8.42. The quantitative estimate of drug-likeness (QED) is 0.793. The third kappa shape index (κ3) is 1.87. The van der Waals surface area contributed by atoms with Gasteiger partial charge in [-0.15, -0.1) is 0 Å². The van der Waals surface area contributed by atoms with Gasteiger partial charge < -0.3 is 5.73 Å². The second-order valence-electron chi connectivity index (χ2n) is 2.89. The van der Waals surface area contributed by atoms with Crippen molar-refractivity contribution in [2.45, 2.75) is 0 Å². The molecule has 0 aliphatic heterocycles. The van der Waals surface area contributed by atoms with Gasteiger partial charge in [-0.25, -0.2) is 9.37 Å². The average Bonchev–Trinajstić information content (AvgIpc) is 2.61. The van der Waals surface area contributed by atoms with E-state index in [0.29, 0.717) is 22.0 Å². The molecule has 0 saturated carbocycles. The third-order valence-corrected chi connectivity index (χ3v) is 2.84. The van der Waals surface area contributed by atoms with Gasteiger partial charge in [-0.2, -0.15) is 0 Å². The lowest BCUT2D eigenvalue weighted by molar-refractivity contribution is 0.112. The number of halogens is 1. The van der Waals surface area contributed by atoms with E-state index < -0.39 is 0 Å². The standard InChI is InChI=1S/C10H7FN2OS/c11-7-3-1-6(2-4-7)9-8(5-14)13-10(12)15-9/h1-5H,(H2,12,13). The molecular weight excluding hydrogens is 215 g/mol. The molecule has 5 heteroatoms. The summed E-state index contributed by atoms with van der Waals surface area (Å²) in [7, 11) is 0. The molecule has 1 aromatic heterocycles. The minimum absolute atomic E-state index is 0.295. The first kappa shape index (κ1) is 9.79. The lowest BCUT2D eigenvalue weighted by Gasteiger charge is -1.96. The Labute approximate surface area is 89.4 Å². The maximum absolute atomic E-state index is 12.7. The summed E-state index contributed by atoms with van der Waals surface area (Å²) in [5, 5.41) is 0.330. The summed E-state index contributed by atoms with van der Waals surface area (Å²) in [5.41, 5.74) is 6.54. The topological polar surface area (TPSA) is 56.0 Å². The van der Waals surface area contributed by atoms with Crippen LogP contribution in [0.2, 0.25) is 0 Å². The Morgan fingerprint density at radius 2 is 2.00 bits per heavy atom. The molecule has 1 heterocycles. The molecule has 3 nitrogen and oxygen atoms in total. The molecular formula is C10H7FN2OS. The normalized spacial score (nSPS) is 10.2. The van der Waals surface area contributed by atoms with Crippen molar-refractivity contribution in [2.75, 3.05) is 5.73 Å². The first-order chi connectivity index (χ1) is 7.20. The van der Waals surface area contributed by atoms with Gasteiger partial charge in [-0.05, 0) is 17.7 Å². The van der Waals surface area contributed by atoms with Gasteiger partial charge in [0.2, 0.25) is 0 Å². The van der Waals surface area contributed by atoms with Crippen molar-refractivity contribution >= 4 is 22.8 Å². The summed E-state index contributed by atoms with van der Waals surface area (Å²) < 4.78 is 12.7. The van der Waals surface area contributed by atoms with Crippen LogP contribution in [0, 0.1) is 5.82 Å².